The highest BCUT2D eigenvalue weighted by atomic mass is 16.7. The van der Waals surface area contributed by atoms with Crippen LogP contribution in [0.1, 0.15) is 37.7 Å². The maximum Gasteiger partial charge on any atom is 0.182 e. The molecule has 1 spiro atoms. The molecule has 2 aliphatic heterocycles. The average molecular weight is 382 g/mol. The first-order valence-corrected chi connectivity index (χ1v) is 10.9. The van der Waals surface area contributed by atoms with Crippen molar-refractivity contribution in [3.05, 3.63) is 48.0 Å². The zero-order valence-electron chi connectivity index (χ0n) is 16.6. The third kappa shape index (κ3) is 3.71. The molecule has 4 heteroatoms. The van der Waals surface area contributed by atoms with E-state index in [1.807, 2.05) is 0 Å². The van der Waals surface area contributed by atoms with E-state index < -0.39 is 0 Å². The highest BCUT2D eigenvalue weighted by Gasteiger charge is 2.46. The summed E-state index contributed by atoms with van der Waals surface area (Å²) in [7, 11) is 0. The van der Waals surface area contributed by atoms with E-state index in [4.69, 9.17) is 14.2 Å². The van der Waals surface area contributed by atoms with Crippen molar-refractivity contribution in [2.75, 3.05) is 32.9 Å². The number of nitrogens with zero attached hydrogens (tertiary/aromatic N) is 1. The Balaban J connectivity index is 1.21. The van der Waals surface area contributed by atoms with Crippen LogP contribution in [-0.4, -0.2) is 55.7 Å². The lowest BCUT2D eigenvalue weighted by molar-refractivity contribution is -0.149. The normalized spacial score (nSPS) is 27.7. The first kappa shape index (κ1) is 18.6. The van der Waals surface area contributed by atoms with E-state index in [1.165, 1.54) is 42.0 Å². The summed E-state index contributed by atoms with van der Waals surface area (Å²) < 4.78 is 18.4. The van der Waals surface area contributed by atoms with Gasteiger partial charge in [0.2, 0.25) is 0 Å². The maximum absolute atomic E-state index is 6.49. The minimum absolute atomic E-state index is 0.328. The molecule has 3 fully saturated rings. The van der Waals surface area contributed by atoms with Crippen molar-refractivity contribution in [3.8, 4) is 0 Å². The van der Waals surface area contributed by atoms with Gasteiger partial charge in [0.15, 0.2) is 5.79 Å². The molecular formula is C24H31NO3. The van der Waals surface area contributed by atoms with Gasteiger partial charge in [-0.05, 0) is 35.6 Å². The summed E-state index contributed by atoms with van der Waals surface area (Å²) in [5, 5.41) is 2.67. The molecule has 2 atom stereocenters. The quantitative estimate of drug-likeness (QED) is 0.778. The molecule has 3 aliphatic rings. The van der Waals surface area contributed by atoms with Crippen LogP contribution < -0.4 is 0 Å². The lowest BCUT2D eigenvalue weighted by atomic mass is 9.91. The molecule has 2 aromatic carbocycles. The molecule has 0 bridgehead atoms. The molecule has 0 N–H and O–H groups in total. The van der Waals surface area contributed by atoms with Gasteiger partial charge in [-0.1, -0.05) is 55.3 Å². The predicted molar refractivity (Wildman–Crippen MR) is 110 cm³/mol. The number of hydrogen-bond acceptors (Lipinski definition) is 4. The Kier molecular flexibility index (Phi) is 5.38. The lowest BCUT2D eigenvalue weighted by Crippen LogP contribution is -2.47. The first-order valence-electron chi connectivity index (χ1n) is 10.9. The van der Waals surface area contributed by atoms with E-state index in [-0.39, 0.29) is 5.79 Å². The molecule has 4 nitrogen and oxygen atoms in total. The Hall–Kier alpha value is -1.46. The third-order valence-corrected chi connectivity index (χ3v) is 6.76. The monoisotopic (exact) mass is 381 g/mol. The standard InChI is InChI=1S/C24H31NO3/c1-2-9-21-19(6-1)7-5-8-20(21)12-15-26-23-11-4-3-10-22(23)25-14-13-24(18-25)27-16-17-28-24/h1-2,5-9,22-23H,3-4,10-18H2/t22-,23+/m0/s1. The summed E-state index contributed by atoms with van der Waals surface area (Å²) >= 11 is 0. The zero-order valence-corrected chi connectivity index (χ0v) is 16.6. The summed E-state index contributed by atoms with van der Waals surface area (Å²) in [6, 6.07) is 15.7. The van der Waals surface area contributed by atoms with E-state index in [1.54, 1.807) is 0 Å². The van der Waals surface area contributed by atoms with Crippen LogP contribution in [0.4, 0.5) is 0 Å². The highest BCUT2D eigenvalue weighted by molar-refractivity contribution is 5.85. The Morgan fingerprint density at radius 1 is 1.00 bits per heavy atom. The Morgan fingerprint density at radius 3 is 2.75 bits per heavy atom. The second-order valence-corrected chi connectivity index (χ2v) is 8.48. The molecule has 5 rings (SSSR count). The van der Waals surface area contributed by atoms with E-state index in [2.05, 4.69) is 47.4 Å². The van der Waals surface area contributed by atoms with Crippen molar-refractivity contribution in [2.45, 2.75) is 56.5 Å². The van der Waals surface area contributed by atoms with Crippen LogP contribution in [-0.2, 0) is 20.6 Å². The van der Waals surface area contributed by atoms with Gasteiger partial charge in [-0.15, -0.1) is 0 Å². The van der Waals surface area contributed by atoms with Gasteiger partial charge in [-0.3, -0.25) is 4.90 Å². The van der Waals surface area contributed by atoms with E-state index in [0.717, 1.165) is 45.8 Å². The topological polar surface area (TPSA) is 30.9 Å². The Morgan fingerprint density at radius 2 is 1.82 bits per heavy atom. The van der Waals surface area contributed by atoms with Crippen molar-refractivity contribution in [2.24, 2.45) is 0 Å². The van der Waals surface area contributed by atoms with Gasteiger partial charge < -0.3 is 14.2 Å². The minimum atomic E-state index is -0.328. The van der Waals surface area contributed by atoms with Crippen molar-refractivity contribution in [3.63, 3.8) is 0 Å². The lowest BCUT2D eigenvalue weighted by Gasteiger charge is -2.38. The molecule has 0 amide bonds. The summed E-state index contributed by atoms with van der Waals surface area (Å²) in [5.74, 6) is -0.328. The van der Waals surface area contributed by atoms with Gasteiger partial charge in [-0.2, -0.15) is 0 Å². The first-order chi connectivity index (χ1) is 13.8. The second kappa shape index (κ2) is 8.11. The van der Waals surface area contributed by atoms with Crippen molar-refractivity contribution in [1.82, 2.24) is 4.90 Å². The van der Waals surface area contributed by atoms with Crippen LogP contribution >= 0.6 is 0 Å². The number of ether oxygens (including phenoxy) is 3. The smallest absolute Gasteiger partial charge is 0.182 e. The number of likely N-dealkylation sites (tertiary alicyclic amines) is 1. The van der Waals surface area contributed by atoms with Crippen LogP contribution in [0.5, 0.6) is 0 Å². The molecule has 0 aromatic heterocycles. The summed E-state index contributed by atoms with van der Waals surface area (Å²) in [6.45, 7) is 4.24. The maximum atomic E-state index is 6.49. The highest BCUT2D eigenvalue weighted by Crippen LogP contribution is 2.35. The molecule has 1 saturated carbocycles. The van der Waals surface area contributed by atoms with Gasteiger partial charge >= 0.3 is 0 Å². The molecule has 150 valence electrons. The van der Waals surface area contributed by atoms with Gasteiger partial charge in [0.25, 0.3) is 0 Å². The fourth-order valence-electron chi connectivity index (χ4n) is 5.32. The van der Waals surface area contributed by atoms with Crippen molar-refractivity contribution < 1.29 is 14.2 Å². The third-order valence-electron chi connectivity index (χ3n) is 6.76. The van der Waals surface area contributed by atoms with Crippen LogP contribution in [0.3, 0.4) is 0 Å². The van der Waals surface area contributed by atoms with Crippen molar-refractivity contribution >= 4 is 10.8 Å². The molecule has 0 unspecified atom stereocenters. The average Bonchev–Trinajstić information content (AvgIpc) is 3.38. The fourth-order valence-corrected chi connectivity index (χ4v) is 5.32. The number of hydrogen-bond donors (Lipinski definition) is 0. The molecule has 0 radical (unpaired) electrons. The molecule has 2 heterocycles. The van der Waals surface area contributed by atoms with E-state index in [9.17, 15) is 0 Å². The van der Waals surface area contributed by atoms with E-state index in [0.29, 0.717) is 12.1 Å². The van der Waals surface area contributed by atoms with Crippen LogP contribution in [0.2, 0.25) is 0 Å². The Labute approximate surface area is 167 Å². The van der Waals surface area contributed by atoms with Crippen LogP contribution in [0, 0.1) is 0 Å². The number of fused-ring (bicyclic) bond motifs is 1. The summed E-state index contributed by atoms with van der Waals surface area (Å²) in [4.78, 5) is 2.58. The molecule has 2 saturated heterocycles. The summed E-state index contributed by atoms with van der Waals surface area (Å²) in [6.07, 6.45) is 7.29. The molecular weight excluding hydrogens is 350 g/mol. The largest absolute Gasteiger partial charge is 0.376 e. The van der Waals surface area contributed by atoms with Crippen LogP contribution in [0.15, 0.2) is 42.5 Å². The number of rotatable bonds is 5. The zero-order chi connectivity index (χ0) is 18.8. The van der Waals surface area contributed by atoms with Crippen molar-refractivity contribution in [1.29, 1.82) is 0 Å². The SMILES string of the molecule is c1ccc2c(CCO[C@@H]3CCCC[C@@H]3N3CCC4(C3)OCCO4)cccc2c1. The second-order valence-electron chi connectivity index (χ2n) is 8.48. The van der Waals surface area contributed by atoms with Gasteiger partial charge in [0, 0.05) is 19.0 Å². The molecule has 1 aliphatic carbocycles. The van der Waals surface area contributed by atoms with Gasteiger partial charge in [0.05, 0.1) is 32.5 Å². The predicted octanol–water partition coefficient (Wildman–Crippen LogP) is 4.16. The molecule has 28 heavy (non-hydrogen) atoms. The van der Waals surface area contributed by atoms with Gasteiger partial charge in [-0.25, -0.2) is 0 Å². The minimum Gasteiger partial charge on any atom is -0.376 e. The Bertz CT molecular complexity index is 796. The molecule has 2 aromatic rings. The van der Waals surface area contributed by atoms with Gasteiger partial charge in [0.1, 0.15) is 0 Å². The van der Waals surface area contributed by atoms with Crippen LogP contribution in [0.25, 0.3) is 10.8 Å². The number of benzene rings is 2. The fraction of sp³-hybridized carbons (Fsp3) is 0.583. The summed E-state index contributed by atoms with van der Waals surface area (Å²) in [5.41, 5.74) is 1.39. The van der Waals surface area contributed by atoms with E-state index >= 15 is 0 Å².